The highest BCUT2D eigenvalue weighted by Gasteiger charge is 2.14. The first kappa shape index (κ1) is 13.5. The van der Waals surface area contributed by atoms with E-state index in [1.165, 1.54) is 30.5 Å². The lowest BCUT2D eigenvalue weighted by Crippen LogP contribution is -2.29. The molecule has 3 N–H and O–H groups in total. The van der Waals surface area contributed by atoms with E-state index < -0.39 is 11.8 Å². The molecule has 102 valence electrons. The van der Waals surface area contributed by atoms with Crippen molar-refractivity contribution in [2.75, 3.05) is 5.32 Å². The molecule has 2 rings (SSSR count). The Balaban J connectivity index is 2.16. The zero-order chi connectivity index (χ0) is 14.7. The topological polar surface area (TPSA) is 107 Å². The van der Waals surface area contributed by atoms with Gasteiger partial charge in [-0.05, 0) is 24.3 Å². The van der Waals surface area contributed by atoms with E-state index in [4.69, 9.17) is 5.73 Å². The fourth-order valence-electron chi connectivity index (χ4n) is 1.61. The Morgan fingerprint density at radius 1 is 1.20 bits per heavy atom. The summed E-state index contributed by atoms with van der Waals surface area (Å²) in [7, 11) is 1.72. The molecule has 0 saturated carbocycles. The maximum atomic E-state index is 12.1. The number of nitrogens with two attached hydrogens (primary N) is 1. The summed E-state index contributed by atoms with van der Waals surface area (Å²) < 4.78 is 1.62. The molecule has 2 aromatic rings. The minimum absolute atomic E-state index is 0.231. The molecule has 20 heavy (non-hydrogen) atoms. The standard InChI is InChI=1S/C13H12N4O3/c1-17-7-6-15-12(17)10(18)8-2-4-9(5-3-8)16-13(20)11(14)19/h2-7H,1H3,(H2,14,19)(H,16,20). The Bertz CT molecular complexity index is 673. The van der Waals surface area contributed by atoms with Gasteiger partial charge in [0.05, 0.1) is 0 Å². The molecule has 1 aromatic carbocycles. The Morgan fingerprint density at radius 2 is 1.85 bits per heavy atom. The van der Waals surface area contributed by atoms with Gasteiger partial charge in [-0.2, -0.15) is 0 Å². The second-order valence-corrected chi connectivity index (χ2v) is 4.09. The summed E-state index contributed by atoms with van der Waals surface area (Å²) in [4.78, 5) is 37.8. The van der Waals surface area contributed by atoms with Crippen LogP contribution < -0.4 is 11.1 Å². The Kier molecular flexibility index (Phi) is 3.60. The predicted molar refractivity (Wildman–Crippen MR) is 70.9 cm³/mol. The van der Waals surface area contributed by atoms with Crippen molar-refractivity contribution in [2.45, 2.75) is 0 Å². The van der Waals surface area contributed by atoms with Gasteiger partial charge in [0.1, 0.15) is 0 Å². The van der Waals surface area contributed by atoms with Crippen LogP contribution in [0.4, 0.5) is 5.69 Å². The van der Waals surface area contributed by atoms with Crippen LogP contribution in [0.15, 0.2) is 36.7 Å². The maximum Gasteiger partial charge on any atom is 0.313 e. The van der Waals surface area contributed by atoms with Crippen molar-refractivity contribution in [1.29, 1.82) is 0 Å². The highest BCUT2D eigenvalue weighted by Crippen LogP contribution is 2.12. The van der Waals surface area contributed by atoms with Gasteiger partial charge in [0.15, 0.2) is 5.82 Å². The highest BCUT2D eigenvalue weighted by molar-refractivity contribution is 6.39. The molecule has 0 saturated heterocycles. The lowest BCUT2D eigenvalue weighted by atomic mass is 10.1. The number of amides is 2. The second-order valence-electron chi connectivity index (χ2n) is 4.09. The van der Waals surface area contributed by atoms with Crippen molar-refractivity contribution in [3.63, 3.8) is 0 Å². The van der Waals surface area contributed by atoms with E-state index in [1.807, 2.05) is 0 Å². The summed E-state index contributed by atoms with van der Waals surface area (Å²) in [5.41, 5.74) is 5.63. The SMILES string of the molecule is Cn1ccnc1C(=O)c1ccc(NC(=O)C(N)=O)cc1. The molecule has 1 heterocycles. The van der Waals surface area contributed by atoms with Crippen molar-refractivity contribution in [1.82, 2.24) is 9.55 Å². The predicted octanol–water partition coefficient (Wildman–Crippen LogP) is 0.0749. The summed E-state index contributed by atoms with van der Waals surface area (Å²) >= 11 is 0. The van der Waals surface area contributed by atoms with Crippen LogP contribution in [0.2, 0.25) is 0 Å². The number of ketones is 1. The first-order valence-corrected chi connectivity index (χ1v) is 5.72. The zero-order valence-electron chi connectivity index (χ0n) is 10.7. The van der Waals surface area contributed by atoms with Gasteiger partial charge in [0, 0.05) is 30.7 Å². The van der Waals surface area contributed by atoms with E-state index >= 15 is 0 Å². The number of carbonyl (C=O) groups is 3. The third-order valence-electron chi connectivity index (χ3n) is 2.65. The van der Waals surface area contributed by atoms with Gasteiger partial charge in [-0.25, -0.2) is 4.98 Å². The van der Waals surface area contributed by atoms with Crippen LogP contribution in [0.3, 0.4) is 0 Å². The van der Waals surface area contributed by atoms with Crippen molar-refractivity contribution < 1.29 is 14.4 Å². The number of nitrogens with one attached hydrogen (secondary N) is 1. The number of carbonyl (C=O) groups excluding carboxylic acids is 3. The molecule has 0 fully saturated rings. The molecule has 0 aliphatic heterocycles. The van der Waals surface area contributed by atoms with Crippen LogP contribution in [0.25, 0.3) is 0 Å². The number of benzene rings is 1. The van der Waals surface area contributed by atoms with Gasteiger partial charge in [-0.1, -0.05) is 0 Å². The molecule has 7 nitrogen and oxygen atoms in total. The zero-order valence-corrected chi connectivity index (χ0v) is 10.7. The normalized spacial score (nSPS) is 10.1. The van der Waals surface area contributed by atoms with Crippen LogP contribution in [0.5, 0.6) is 0 Å². The summed E-state index contributed by atoms with van der Waals surface area (Å²) in [6.45, 7) is 0. The van der Waals surface area contributed by atoms with E-state index in [0.29, 0.717) is 17.1 Å². The molecular weight excluding hydrogens is 260 g/mol. The van der Waals surface area contributed by atoms with Crippen molar-refractivity contribution in [3.8, 4) is 0 Å². The molecule has 0 unspecified atom stereocenters. The summed E-state index contributed by atoms with van der Waals surface area (Å²) in [6.07, 6.45) is 3.21. The molecule has 0 atom stereocenters. The smallest absolute Gasteiger partial charge is 0.313 e. The number of rotatable bonds is 3. The van der Waals surface area contributed by atoms with Crippen LogP contribution in [0, 0.1) is 0 Å². The number of aryl methyl sites for hydroxylation is 1. The minimum Gasteiger partial charge on any atom is -0.361 e. The van der Waals surface area contributed by atoms with Gasteiger partial charge in [-0.15, -0.1) is 0 Å². The fraction of sp³-hybridized carbons (Fsp3) is 0.0769. The van der Waals surface area contributed by atoms with Crippen LogP contribution in [-0.4, -0.2) is 27.1 Å². The third-order valence-corrected chi connectivity index (χ3v) is 2.65. The van der Waals surface area contributed by atoms with E-state index in [2.05, 4.69) is 10.3 Å². The number of hydrogen-bond donors (Lipinski definition) is 2. The lowest BCUT2D eigenvalue weighted by Gasteiger charge is -2.04. The number of hydrogen-bond acceptors (Lipinski definition) is 4. The molecule has 0 bridgehead atoms. The molecule has 2 amide bonds. The van der Waals surface area contributed by atoms with Crippen molar-refractivity contribution in [3.05, 3.63) is 48.0 Å². The first-order valence-electron chi connectivity index (χ1n) is 5.72. The van der Waals surface area contributed by atoms with E-state index in [-0.39, 0.29) is 5.78 Å². The van der Waals surface area contributed by atoms with Gasteiger partial charge >= 0.3 is 11.8 Å². The van der Waals surface area contributed by atoms with Gasteiger partial charge < -0.3 is 15.6 Å². The van der Waals surface area contributed by atoms with E-state index in [1.54, 1.807) is 17.8 Å². The minimum atomic E-state index is -1.07. The molecular formula is C13H12N4O3. The van der Waals surface area contributed by atoms with Gasteiger partial charge in [0.2, 0.25) is 5.78 Å². The highest BCUT2D eigenvalue weighted by atomic mass is 16.2. The quantitative estimate of drug-likeness (QED) is 0.609. The first-order chi connectivity index (χ1) is 9.49. The number of primary amides is 1. The number of anilines is 1. The average molecular weight is 272 g/mol. The average Bonchev–Trinajstić information content (AvgIpc) is 2.85. The molecule has 7 heteroatoms. The van der Waals surface area contributed by atoms with E-state index in [9.17, 15) is 14.4 Å². The summed E-state index contributed by atoms with van der Waals surface area (Å²) in [6, 6.07) is 6.09. The Labute approximate surface area is 114 Å². The van der Waals surface area contributed by atoms with Crippen LogP contribution in [-0.2, 0) is 16.6 Å². The third kappa shape index (κ3) is 2.72. The fourth-order valence-corrected chi connectivity index (χ4v) is 1.61. The molecule has 0 aliphatic carbocycles. The van der Waals surface area contributed by atoms with Gasteiger partial charge in [-0.3, -0.25) is 14.4 Å². The monoisotopic (exact) mass is 272 g/mol. The van der Waals surface area contributed by atoms with Crippen LogP contribution >= 0.6 is 0 Å². The van der Waals surface area contributed by atoms with Crippen LogP contribution in [0.1, 0.15) is 16.2 Å². The number of aromatic nitrogens is 2. The molecule has 1 aromatic heterocycles. The van der Waals surface area contributed by atoms with Gasteiger partial charge in [0.25, 0.3) is 0 Å². The number of imidazole rings is 1. The molecule has 0 radical (unpaired) electrons. The second kappa shape index (κ2) is 5.35. The Morgan fingerprint density at radius 3 is 2.35 bits per heavy atom. The van der Waals surface area contributed by atoms with Crippen molar-refractivity contribution >= 4 is 23.3 Å². The largest absolute Gasteiger partial charge is 0.361 e. The maximum absolute atomic E-state index is 12.1. The summed E-state index contributed by atoms with van der Waals surface area (Å²) in [5.74, 6) is -1.89. The Hall–Kier alpha value is -2.96. The molecule has 0 aliphatic rings. The van der Waals surface area contributed by atoms with E-state index in [0.717, 1.165) is 0 Å². The molecule has 0 spiro atoms. The van der Waals surface area contributed by atoms with Crippen molar-refractivity contribution in [2.24, 2.45) is 12.8 Å². The number of nitrogens with zero attached hydrogens (tertiary/aromatic N) is 2. The lowest BCUT2D eigenvalue weighted by molar-refractivity contribution is -0.134. The summed E-state index contributed by atoms with van der Waals surface area (Å²) in [5, 5.41) is 2.31.